The van der Waals surface area contributed by atoms with E-state index in [0.717, 1.165) is 0 Å². The minimum atomic E-state index is 0.331. The lowest BCUT2D eigenvalue weighted by atomic mass is 9.97. The molecular formula is C15H29NO. The van der Waals surface area contributed by atoms with E-state index in [1.807, 2.05) is 0 Å². The highest BCUT2D eigenvalue weighted by atomic mass is 16.5. The molecule has 0 amide bonds. The van der Waals surface area contributed by atoms with E-state index in [1.165, 1.54) is 64.2 Å². The molecule has 0 aromatic heterocycles. The molecule has 0 aromatic rings. The molecule has 17 heavy (non-hydrogen) atoms. The van der Waals surface area contributed by atoms with Gasteiger partial charge in [0.25, 0.3) is 0 Å². The van der Waals surface area contributed by atoms with E-state index in [-0.39, 0.29) is 0 Å². The van der Waals surface area contributed by atoms with Gasteiger partial charge in [0, 0.05) is 6.04 Å². The van der Waals surface area contributed by atoms with Crippen LogP contribution in [0.3, 0.4) is 0 Å². The molecule has 1 spiro atoms. The Balaban J connectivity index is 1.64. The molecule has 2 nitrogen and oxygen atoms in total. The summed E-state index contributed by atoms with van der Waals surface area (Å²) in [6.07, 6.45) is 13.8. The average Bonchev–Trinajstić information content (AvgIpc) is 2.96. The van der Waals surface area contributed by atoms with Crippen LogP contribution in [0.4, 0.5) is 0 Å². The highest BCUT2D eigenvalue weighted by molar-refractivity contribution is 4.92. The van der Waals surface area contributed by atoms with Crippen LogP contribution in [0.2, 0.25) is 0 Å². The lowest BCUT2D eigenvalue weighted by molar-refractivity contribution is -0.0396. The number of nitrogens with one attached hydrogen (secondary N) is 1. The van der Waals surface area contributed by atoms with Crippen LogP contribution in [-0.2, 0) is 4.74 Å². The Kier molecular flexibility index (Phi) is 4.87. The maximum absolute atomic E-state index is 6.34. The van der Waals surface area contributed by atoms with Crippen LogP contribution in [0, 0.1) is 0 Å². The van der Waals surface area contributed by atoms with Crippen LogP contribution in [0.15, 0.2) is 0 Å². The molecule has 2 unspecified atom stereocenters. The van der Waals surface area contributed by atoms with E-state index in [4.69, 9.17) is 4.74 Å². The minimum absolute atomic E-state index is 0.331. The highest BCUT2D eigenvalue weighted by Crippen LogP contribution is 2.44. The first-order chi connectivity index (χ1) is 8.28. The summed E-state index contributed by atoms with van der Waals surface area (Å²) in [5.74, 6) is 0. The Bertz CT molecular complexity index is 219. The predicted octanol–water partition coefficient (Wildman–Crippen LogP) is 3.65. The van der Waals surface area contributed by atoms with Crippen LogP contribution < -0.4 is 5.32 Å². The third-order valence-corrected chi connectivity index (χ3v) is 4.83. The third kappa shape index (κ3) is 3.45. The van der Waals surface area contributed by atoms with E-state index in [9.17, 15) is 0 Å². The quantitative estimate of drug-likeness (QED) is 0.764. The predicted molar refractivity (Wildman–Crippen MR) is 72.3 cm³/mol. The molecule has 1 heterocycles. The van der Waals surface area contributed by atoms with Crippen LogP contribution in [0.1, 0.15) is 71.1 Å². The molecule has 0 radical (unpaired) electrons. The van der Waals surface area contributed by atoms with E-state index >= 15 is 0 Å². The second-order valence-corrected chi connectivity index (χ2v) is 5.99. The second kappa shape index (κ2) is 6.19. The van der Waals surface area contributed by atoms with Crippen molar-refractivity contribution in [2.75, 3.05) is 7.05 Å². The molecule has 1 aliphatic heterocycles. The minimum Gasteiger partial charge on any atom is -0.372 e. The van der Waals surface area contributed by atoms with Gasteiger partial charge < -0.3 is 10.1 Å². The van der Waals surface area contributed by atoms with Gasteiger partial charge in [-0.1, -0.05) is 19.8 Å². The normalized spacial score (nSPS) is 28.9. The van der Waals surface area contributed by atoms with Crippen LogP contribution >= 0.6 is 0 Å². The second-order valence-electron chi connectivity index (χ2n) is 5.99. The van der Waals surface area contributed by atoms with Crippen molar-refractivity contribution in [3.8, 4) is 0 Å². The molecule has 2 aliphatic rings. The Morgan fingerprint density at radius 2 is 2.06 bits per heavy atom. The molecule has 2 rings (SSSR count). The van der Waals surface area contributed by atoms with Gasteiger partial charge in [-0.3, -0.25) is 0 Å². The topological polar surface area (TPSA) is 21.3 Å². The molecule has 2 atom stereocenters. The van der Waals surface area contributed by atoms with Gasteiger partial charge in [-0.15, -0.1) is 0 Å². The summed E-state index contributed by atoms with van der Waals surface area (Å²) < 4.78 is 6.34. The van der Waals surface area contributed by atoms with Crippen molar-refractivity contribution in [2.24, 2.45) is 0 Å². The Hall–Kier alpha value is -0.0800. The fraction of sp³-hybridized carbons (Fsp3) is 1.00. The first kappa shape index (κ1) is 13.4. The molecule has 2 fully saturated rings. The van der Waals surface area contributed by atoms with Crippen molar-refractivity contribution >= 4 is 0 Å². The Morgan fingerprint density at radius 1 is 1.29 bits per heavy atom. The van der Waals surface area contributed by atoms with Gasteiger partial charge in [0.05, 0.1) is 11.7 Å². The summed E-state index contributed by atoms with van der Waals surface area (Å²) in [4.78, 5) is 0. The maximum atomic E-state index is 6.34. The molecule has 1 saturated heterocycles. The summed E-state index contributed by atoms with van der Waals surface area (Å²) in [5, 5.41) is 3.38. The van der Waals surface area contributed by atoms with E-state index in [0.29, 0.717) is 17.7 Å². The van der Waals surface area contributed by atoms with Gasteiger partial charge in [0.15, 0.2) is 0 Å². The monoisotopic (exact) mass is 239 g/mol. The van der Waals surface area contributed by atoms with Crippen LogP contribution in [0.25, 0.3) is 0 Å². The number of rotatable bonds is 6. The smallest absolute Gasteiger partial charge is 0.0687 e. The van der Waals surface area contributed by atoms with Gasteiger partial charge in [0.2, 0.25) is 0 Å². The van der Waals surface area contributed by atoms with Gasteiger partial charge in [-0.25, -0.2) is 0 Å². The number of hydrogen-bond donors (Lipinski definition) is 1. The van der Waals surface area contributed by atoms with E-state index in [2.05, 4.69) is 19.3 Å². The lowest BCUT2D eigenvalue weighted by Gasteiger charge is -2.24. The summed E-state index contributed by atoms with van der Waals surface area (Å²) >= 11 is 0. The molecule has 1 N–H and O–H groups in total. The van der Waals surface area contributed by atoms with Crippen LogP contribution in [-0.4, -0.2) is 24.8 Å². The zero-order valence-electron chi connectivity index (χ0n) is 11.6. The summed E-state index contributed by atoms with van der Waals surface area (Å²) in [7, 11) is 2.08. The number of ether oxygens (including phenoxy) is 1. The van der Waals surface area contributed by atoms with Gasteiger partial charge in [0.1, 0.15) is 0 Å². The van der Waals surface area contributed by atoms with Crippen molar-refractivity contribution < 1.29 is 4.74 Å². The fourth-order valence-electron chi connectivity index (χ4n) is 3.63. The summed E-state index contributed by atoms with van der Waals surface area (Å²) in [6.45, 7) is 2.26. The standard InChI is InChI=1S/C15H29NO/c1-3-13(16-2)7-6-8-14-9-12-15(17-14)10-4-5-11-15/h13-14,16H,3-12H2,1-2H3. The lowest BCUT2D eigenvalue weighted by Crippen LogP contribution is -2.26. The highest BCUT2D eigenvalue weighted by Gasteiger charge is 2.41. The van der Waals surface area contributed by atoms with E-state index in [1.54, 1.807) is 0 Å². The zero-order valence-corrected chi connectivity index (χ0v) is 11.6. The summed E-state index contributed by atoms with van der Waals surface area (Å²) in [5.41, 5.74) is 0.331. The number of hydrogen-bond acceptors (Lipinski definition) is 2. The largest absolute Gasteiger partial charge is 0.372 e. The molecule has 0 aromatic carbocycles. The van der Waals surface area contributed by atoms with Crippen molar-refractivity contribution in [1.82, 2.24) is 5.32 Å². The third-order valence-electron chi connectivity index (χ3n) is 4.83. The van der Waals surface area contributed by atoms with E-state index < -0.39 is 0 Å². The molecule has 0 bridgehead atoms. The SMILES string of the molecule is CCC(CCCC1CCC2(CCCC2)O1)NC. The van der Waals surface area contributed by atoms with Crippen molar-refractivity contribution in [2.45, 2.75) is 88.9 Å². The molecule has 100 valence electrons. The molecule has 2 heteroatoms. The van der Waals surface area contributed by atoms with Crippen molar-refractivity contribution in [3.63, 3.8) is 0 Å². The zero-order chi connectivity index (χ0) is 12.1. The fourth-order valence-corrected chi connectivity index (χ4v) is 3.63. The maximum Gasteiger partial charge on any atom is 0.0687 e. The summed E-state index contributed by atoms with van der Waals surface area (Å²) in [6, 6.07) is 0.705. The van der Waals surface area contributed by atoms with Crippen molar-refractivity contribution in [1.29, 1.82) is 0 Å². The van der Waals surface area contributed by atoms with Crippen LogP contribution in [0.5, 0.6) is 0 Å². The first-order valence-electron chi connectivity index (χ1n) is 7.63. The molecule has 1 aliphatic carbocycles. The molecular weight excluding hydrogens is 210 g/mol. The van der Waals surface area contributed by atoms with Gasteiger partial charge >= 0.3 is 0 Å². The van der Waals surface area contributed by atoms with Gasteiger partial charge in [-0.05, 0) is 58.4 Å². The Labute approximate surface area is 107 Å². The van der Waals surface area contributed by atoms with Crippen molar-refractivity contribution in [3.05, 3.63) is 0 Å². The van der Waals surface area contributed by atoms with Gasteiger partial charge in [-0.2, -0.15) is 0 Å². The average molecular weight is 239 g/mol. The Morgan fingerprint density at radius 3 is 2.71 bits per heavy atom. The molecule has 1 saturated carbocycles. The first-order valence-corrected chi connectivity index (χ1v) is 7.63.